The lowest BCUT2D eigenvalue weighted by molar-refractivity contribution is 0.0961. The highest BCUT2D eigenvalue weighted by molar-refractivity contribution is 6.00. The van der Waals surface area contributed by atoms with Crippen molar-refractivity contribution >= 4 is 11.7 Å². The van der Waals surface area contributed by atoms with Crippen LogP contribution in [0, 0.1) is 11.8 Å². The van der Waals surface area contributed by atoms with Crippen molar-refractivity contribution in [2.75, 3.05) is 13.7 Å². The Morgan fingerprint density at radius 1 is 1.22 bits per heavy atom. The topological polar surface area (TPSA) is 88.4 Å². The molecule has 1 fully saturated rings. The number of amides is 1. The molecule has 0 aliphatic heterocycles. The molecule has 0 unspecified atom stereocenters. The van der Waals surface area contributed by atoms with Gasteiger partial charge in [0.15, 0.2) is 5.78 Å². The molecule has 6 heteroatoms. The van der Waals surface area contributed by atoms with Gasteiger partial charge >= 0.3 is 0 Å². The number of carbonyl (C=O) groups excluding carboxylic acids is 2. The van der Waals surface area contributed by atoms with Crippen LogP contribution in [0.3, 0.4) is 0 Å². The molecule has 27 heavy (non-hydrogen) atoms. The van der Waals surface area contributed by atoms with Gasteiger partial charge in [-0.1, -0.05) is 30.3 Å². The maximum absolute atomic E-state index is 12.7. The first kappa shape index (κ1) is 19.0. The smallest absolute Gasteiger partial charge is 0.263 e. The van der Waals surface area contributed by atoms with Gasteiger partial charge in [0.2, 0.25) is 0 Å². The van der Waals surface area contributed by atoms with Gasteiger partial charge in [-0.2, -0.15) is 0 Å². The second-order valence-corrected chi connectivity index (χ2v) is 7.04. The van der Waals surface area contributed by atoms with Gasteiger partial charge in [-0.25, -0.2) is 0 Å². The van der Waals surface area contributed by atoms with Crippen LogP contribution in [0.1, 0.15) is 45.5 Å². The van der Waals surface area contributed by atoms with Crippen molar-refractivity contribution in [1.82, 2.24) is 9.88 Å². The van der Waals surface area contributed by atoms with Gasteiger partial charge in [-0.3, -0.25) is 14.4 Å². The first-order chi connectivity index (χ1) is 13.0. The summed E-state index contributed by atoms with van der Waals surface area (Å²) in [5.41, 5.74) is 0.845. The Labute approximate surface area is 157 Å². The van der Waals surface area contributed by atoms with E-state index in [0.717, 1.165) is 18.4 Å². The summed E-state index contributed by atoms with van der Waals surface area (Å²) in [6, 6.07) is 10.8. The Bertz CT molecular complexity index is 889. The number of carbonyl (C=O) groups is 2. The zero-order valence-corrected chi connectivity index (χ0v) is 15.4. The Hall–Kier alpha value is -2.73. The lowest BCUT2D eigenvalue weighted by Crippen LogP contribution is -2.32. The molecule has 0 bridgehead atoms. The number of nitrogens with one attached hydrogen (secondary N) is 1. The van der Waals surface area contributed by atoms with E-state index in [4.69, 9.17) is 5.11 Å². The van der Waals surface area contributed by atoms with Gasteiger partial charge in [0.1, 0.15) is 5.56 Å². The number of Topliss-reactive ketones (excluding diaryl/α,β-unsaturated/α-hetero) is 1. The fourth-order valence-corrected chi connectivity index (χ4v) is 3.42. The van der Waals surface area contributed by atoms with Gasteiger partial charge in [0.25, 0.3) is 11.5 Å². The average molecular weight is 368 g/mol. The molecule has 142 valence electrons. The molecule has 2 N–H and O–H groups in total. The Kier molecular flexibility index (Phi) is 5.86. The Morgan fingerprint density at radius 3 is 2.63 bits per heavy atom. The summed E-state index contributed by atoms with van der Waals surface area (Å²) in [6.07, 6.45) is 3.59. The minimum atomic E-state index is -0.499. The second-order valence-electron chi connectivity index (χ2n) is 7.04. The number of aromatic nitrogens is 1. The van der Waals surface area contributed by atoms with Gasteiger partial charge in [0, 0.05) is 31.8 Å². The number of pyridine rings is 1. The summed E-state index contributed by atoms with van der Waals surface area (Å²) in [7, 11) is 1.46. The van der Waals surface area contributed by atoms with Crippen LogP contribution in [0.15, 0.2) is 47.4 Å². The van der Waals surface area contributed by atoms with Gasteiger partial charge < -0.3 is 15.0 Å². The molecular weight excluding hydrogens is 344 g/mol. The average Bonchev–Trinajstić information content (AvgIpc) is 3.41. The third-order valence-electron chi connectivity index (χ3n) is 5.09. The largest absolute Gasteiger partial charge is 0.396 e. The fourth-order valence-electron chi connectivity index (χ4n) is 3.42. The van der Waals surface area contributed by atoms with Crippen LogP contribution in [0.2, 0.25) is 0 Å². The second kappa shape index (κ2) is 8.31. The highest BCUT2D eigenvalue weighted by atomic mass is 16.3. The van der Waals surface area contributed by atoms with Crippen LogP contribution in [-0.2, 0) is 6.54 Å². The van der Waals surface area contributed by atoms with E-state index in [1.807, 2.05) is 30.3 Å². The van der Waals surface area contributed by atoms with E-state index in [0.29, 0.717) is 24.4 Å². The SMILES string of the molecule is CNC(=O)c1cc(C(=O)C[C@H]2C[C@@H]2CCO)cn(Cc2ccccc2)c1=O. The number of hydrogen-bond acceptors (Lipinski definition) is 4. The van der Waals surface area contributed by atoms with E-state index < -0.39 is 11.5 Å². The summed E-state index contributed by atoms with van der Waals surface area (Å²) in [4.78, 5) is 37.5. The number of hydrogen-bond donors (Lipinski definition) is 2. The highest BCUT2D eigenvalue weighted by Crippen LogP contribution is 2.44. The van der Waals surface area contributed by atoms with E-state index in [1.165, 1.54) is 17.7 Å². The van der Waals surface area contributed by atoms with Gasteiger partial charge in [-0.15, -0.1) is 0 Å². The predicted molar refractivity (Wildman–Crippen MR) is 102 cm³/mol. The van der Waals surface area contributed by atoms with Crippen LogP contribution < -0.4 is 10.9 Å². The molecule has 0 radical (unpaired) electrons. The zero-order chi connectivity index (χ0) is 19.4. The highest BCUT2D eigenvalue weighted by Gasteiger charge is 2.37. The molecule has 1 amide bonds. The summed E-state index contributed by atoms with van der Waals surface area (Å²) >= 11 is 0. The number of benzene rings is 1. The Morgan fingerprint density at radius 2 is 1.96 bits per heavy atom. The first-order valence-corrected chi connectivity index (χ1v) is 9.18. The molecule has 0 saturated heterocycles. The maximum atomic E-state index is 12.7. The fraction of sp³-hybridized carbons (Fsp3) is 0.381. The predicted octanol–water partition coefficient (Wildman–Crippen LogP) is 1.85. The molecule has 0 spiro atoms. The van der Waals surface area contributed by atoms with E-state index >= 15 is 0 Å². The zero-order valence-electron chi connectivity index (χ0n) is 15.4. The monoisotopic (exact) mass is 368 g/mol. The molecule has 1 aromatic carbocycles. The molecule has 2 atom stereocenters. The van der Waals surface area contributed by atoms with Crippen LogP contribution in [0.25, 0.3) is 0 Å². The summed E-state index contributed by atoms with van der Waals surface area (Å²) in [5.74, 6) is 0.101. The molecule has 1 heterocycles. The van der Waals surface area contributed by atoms with Crippen LogP contribution in [0.4, 0.5) is 0 Å². The number of aliphatic hydroxyl groups is 1. The quantitative estimate of drug-likeness (QED) is 0.696. The minimum Gasteiger partial charge on any atom is -0.396 e. The lowest BCUT2D eigenvalue weighted by Gasteiger charge is -2.11. The van der Waals surface area contributed by atoms with E-state index in [2.05, 4.69) is 5.32 Å². The summed E-state index contributed by atoms with van der Waals surface area (Å²) < 4.78 is 1.42. The summed E-state index contributed by atoms with van der Waals surface area (Å²) in [5, 5.41) is 11.5. The minimum absolute atomic E-state index is 0.0259. The van der Waals surface area contributed by atoms with Crippen molar-refractivity contribution < 1.29 is 14.7 Å². The first-order valence-electron chi connectivity index (χ1n) is 9.18. The normalized spacial score (nSPS) is 18.1. The van der Waals surface area contributed by atoms with Crippen molar-refractivity contribution in [2.24, 2.45) is 11.8 Å². The van der Waals surface area contributed by atoms with Crippen molar-refractivity contribution in [3.63, 3.8) is 0 Å². The molecule has 1 saturated carbocycles. The third-order valence-corrected chi connectivity index (χ3v) is 5.09. The summed E-state index contributed by atoms with van der Waals surface area (Å²) in [6.45, 7) is 0.430. The number of nitrogens with zero attached hydrogens (tertiary/aromatic N) is 1. The number of aliphatic hydroxyl groups excluding tert-OH is 1. The van der Waals surface area contributed by atoms with Crippen molar-refractivity contribution in [3.8, 4) is 0 Å². The van der Waals surface area contributed by atoms with Crippen molar-refractivity contribution in [3.05, 3.63) is 69.6 Å². The molecule has 1 aromatic heterocycles. The third kappa shape index (κ3) is 4.52. The van der Waals surface area contributed by atoms with Crippen molar-refractivity contribution in [1.29, 1.82) is 0 Å². The molecule has 2 aromatic rings. The number of rotatable bonds is 8. The van der Waals surface area contributed by atoms with Crippen LogP contribution >= 0.6 is 0 Å². The van der Waals surface area contributed by atoms with Crippen LogP contribution in [0.5, 0.6) is 0 Å². The molecule has 3 rings (SSSR count). The van der Waals surface area contributed by atoms with Gasteiger partial charge in [0.05, 0.1) is 6.54 Å². The molecule has 6 nitrogen and oxygen atoms in total. The molecular formula is C21H24N2O4. The van der Waals surface area contributed by atoms with Crippen molar-refractivity contribution in [2.45, 2.75) is 25.8 Å². The van der Waals surface area contributed by atoms with E-state index in [-0.39, 0.29) is 23.9 Å². The number of ketones is 1. The maximum Gasteiger partial charge on any atom is 0.263 e. The van der Waals surface area contributed by atoms with Crippen LogP contribution in [-0.4, -0.2) is 35.0 Å². The molecule has 1 aliphatic carbocycles. The Balaban J connectivity index is 1.89. The van der Waals surface area contributed by atoms with E-state index in [1.54, 1.807) is 6.20 Å². The molecule has 1 aliphatic rings. The van der Waals surface area contributed by atoms with Gasteiger partial charge in [-0.05, 0) is 36.3 Å². The standard InChI is InChI=1S/C21H24N2O4/c1-22-20(26)18-10-17(19(25)11-16-9-15(16)7-8-24)13-23(21(18)27)12-14-5-3-2-4-6-14/h2-6,10,13,15-16,24H,7-9,11-12H2,1H3,(H,22,26)/t15-,16+/m0/s1. The lowest BCUT2D eigenvalue weighted by atomic mass is 10.0. The van der Waals surface area contributed by atoms with E-state index in [9.17, 15) is 14.4 Å².